The molecule has 1 aliphatic heterocycles. The van der Waals surface area contributed by atoms with Gasteiger partial charge in [0.1, 0.15) is 5.75 Å². The Balaban J connectivity index is 1.18. The highest BCUT2D eigenvalue weighted by atomic mass is 19.1. The van der Waals surface area contributed by atoms with Crippen LogP contribution >= 0.6 is 0 Å². The first-order valence-corrected chi connectivity index (χ1v) is 14.6. The van der Waals surface area contributed by atoms with Gasteiger partial charge in [-0.15, -0.1) is 0 Å². The molecule has 1 heterocycles. The van der Waals surface area contributed by atoms with E-state index in [9.17, 15) is 9.18 Å². The highest BCUT2D eigenvalue weighted by Gasteiger charge is 2.13. The fourth-order valence-corrected chi connectivity index (χ4v) is 4.59. The normalized spacial score (nSPS) is 13.8. The highest BCUT2D eigenvalue weighted by molar-refractivity contribution is 5.88. The summed E-state index contributed by atoms with van der Waals surface area (Å²) in [6.07, 6.45) is 13.4. The van der Waals surface area contributed by atoms with E-state index < -0.39 is 11.8 Å². The van der Waals surface area contributed by atoms with Crippen molar-refractivity contribution in [3.8, 4) is 22.6 Å². The molecule has 0 unspecified atom stereocenters. The van der Waals surface area contributed by atoms with Gasteiger partial charge in [0, 0.05) is 32.0 Å². The molecule has 0 aliphatic carbocycles. The second-order valence-corrected chi connectivity index (χ2v) is 10.5. The van der Waals surface area contributed by atoms with Gasteiger partial charge >= 0.3 is 5.97 Å². The lowest BCUT2D eigenvalue weighted by atomic mass is 10.0. The second kappa shape index (κ2) is 17.8. The largest absolute Gasteiger partial charge is 0.494 e. The van der Waals surface area contributed by atoms with Crippen LogP contribution in [0.5, 0.6) is 11.5 Å². The van der Waals surface area contributed by atoms with Gasteiger partial charge < -0.3 is 18.9 Å². The average Bonchev–Trinajstić information content (AvgIpc) is 2.95. The minimum atomic E-state index is -0.642. The number of benzene rings is 2. The van der Waals surface area contributed by atoms with Gasteiger partial charge in [0.2, 0.25) is 0 Å². The molecule has 0 amide bonds. The summed E-state index contributed by atoms with van der Waals surface area (Å²) in [6, 6.07) is 12.2. The monoisotopic (exact) mass is 540 g/mol. The zero-order valence-corrected chi connectivity index (χ0v) is 23.6. The fraction of sp³-hybridized carbons (Fsp3) is 0.545. The lowest BCUT2D eigenvalue weighted by molar-refractivity contribution is -0.130. The van der Waals surface area contributed by atoms with Gasteiger partial charge in [0.25, 0.3) is 0 Å². The van der Waals surface area contributed by atoms with Crippen LogP contribution in [0.25, 0.3) is 11.1 Å². The van der Waals surface area contributed by atoms with E-state index in [-0.39, 0.29) is 11.3 Å². The first-order valence-electron chi connectivity index (χ1n) is 14.6. The van der Waals surface area contributed by atoms with E-state index in [1.165, 1.54) is 70.4 Å². The quantitative estimate of drug-likeness (QED) is 0.0824. The first-order chi connectivity index (χ1) is 19.0. The first kappa shape index (κ1) is 30.8. The molecular formula is C33H45FO5. The number of carbonyl (C=O) groups is 1. The van der Waals surface area contributed by atoms with E-state index >= 15 is 0 Å². The van der Waals surface area contributed by atoms with Crippen molar-refractivity contribution in [3.05, 3.63) is 60.4 Å². The van der Waals surface area contributed by atoms with Gasteiger partial charge in [0.15, 0.2) is 11.6 Å². The van der Waals surface area contributed by atoms with Crippen LogP contribution in [0.3, 0.4) is 0 Å². The van der Waals surface area contributed by atoms with Crippen LogP contribution in [0.4, 0.5) is 4.39 Å². The number of halogens is 1. The molecule has 0 saturated carbocycles. The Labute approximate surface area is 233 Å². The maximum Gasteiger partial charge on any atom is 0.338 e. The van der Waals surface area contributed by atoms with Crippen LogP contribution in [0.2, 0.25) is 0 Å². The minimum absolute atomic E-state index is 0.103. The molecule has 0 bridgehead atoms. The van der Waals surface area contributed by atoms with E-state index in [1.807, 2.05) is 24.3 Å². The van der Waals surface area contributed by atoms with E-state index in [4.69, 9.17) is 18.9 Å². The smallest absolute Gasteiger partial charge is 0.338 e. The molecule has 6 heteroatoms. The minimum Gasteiger partial charge on any atom is -0.494 e. The summed E-state index contributed by atoms with van der Waals surface area (Å²) in [6.45, 7) is 9.34. The van der Waals surface area contributed by atoms with Crippen molar-refractivity contribution in [1.29, 1.82) is 0 Å². The average molecular weight is 541 g/mol. The predicted octanol–water partition coefficient (Wildman–Crippen LogP) is 8.31. The summed E-state index contributed by atoms with van der Waals surface area (Å²) in [5, 5.41) is 0. The molecule has 2 aromatic rings. The Bertz CT molecular complexity index is 998. The molecule has 0 aromatic heterocycles. The Hall–Kier alpha value is -2.70. The summed E-state index contributed by atoms with van der Waals surface area (Å²) in [5.74, 6) is 0.178. The van der Waals surface area contributed by atoms with Gasteiger partial charge in [0.05, 0.1) is 6.61 Å². The van der Waals surface area contributed by atoms with Crippen LogP contribution in [-0.4, -0.2) is 39.0 Å². The van der Waals surface area contributed by atoms with Crippen molar-refractivity contribution in [1.82, 2.24) is 0 Å². The summed E-state index contributed by atoms with van der Waals surface area (Å²) in [7, 11) is 0. The number of ether oxygens (including phenoxy) is 4. The van der Waals surface area contributed by atoms with Crippen LogP contribution < -0.4 is 9.47 Å². The Morgan fingerprint density at radius 1 is 0.872 bits per heavy atom. The summed E-state index contributed by atoms with van der Waals surface area (Å²) in [4.78, 5) is 11.6. The Morgan fingerprint density at radius 3 is 2.08 bits per heavy atom. The number of carbonyl (C=O) groups excluding carboxylic acids is 1. The van der Waals surface area contributed by atoms with Crippen LogP contribution in [0.15, 0.2) is 54.6 Å². The van der Waals surface area contributed by atoms with Crippen LogP contribution in [-0.2, 0) is 14.3 Å². The molecule has 0 radical (unpaired) electrons. The third-order valence-electron chi connectivity index (χ3n) is 7.07. The standard InChI is InChI=1S/C33H45FO5/c1-26(2)33(35)39-32-17-14-29(24-31(32)34)28-12-15-30(16-13-28)38-21-11-9-7-5-3-4-6-8-10-20-37-25-27-18-22-36-23-19-27/h12-17,24,27H,1,3-11,18-23,25H2,2H3. The van der Waals surface area contributed by atoms with E-state index in [2.05, 4.69) is 6.58 Å². The SMILES string of the molecule is C=C(C)C(=O)Oc1ccc(-c2ccc(OCCCCCCCCCCCOCC3CCOCC3)cc2)cc1F. The molecule has 3 rings (SSSR count). The summed E-state index contributed by atoms with van der Waals surface area (Å²) in [5.41, 5.74) is 1.79. The summed E-state index contributed by atoms with van der Waals surface area (Å²) >= 11 is 0. The van der Waals surface area contributed by atoms with Gasteiger partial charge in [-0.25, -0.2) is 9.18 Å². The molecule has 214 valence electrons. The van der Waals surface area contributed by atoms with E-state index in [1.54, 1.807) is 6.07 Å². The molecule has 2 aromatic carbocycles. The fourth-order valence-electron chi connectivity index (χ4n) is 4.59. The third-order valence-corrected chi connectivity index (χ3v) is 7.07. The van der Waals surface area contributed by atoms with Gasteiger partial charge in [-0.05, 0) is 73.9 Å². The number of hydrogen-bond acceptors (Lipinski definition) is 5. The molecule has 5 nitrogen and oxygen atoms in total. The topological polar surface area (TPSA) is 54.0 Å². The Kier molecular flexibility index (Phi) is 14.1. The summed E-state index contributed by atoms with van der Waals surface area (Å²) < 4.78 is 36.5. The molecule has 0 spiro atoms. The molecule has 39 heavy (non-hydrogen) atoms. The maximum absolute atomic E-state index is 14.4. The number of hydrogen-bond donors (Lipinski definition) is 0. The lowest BCUT2D eigenvalue weighted by Crippen LogP contribution is -2.20. The van der Waals surface area contributed by atoms with Crippen LogP contribution in [0.1, 0.15) is 77.6 Å². The number of rotatable bonds is 18. The van der Waals surface area contributed by atoms with E-state index in [0.717, 1.165) is 57.0 Å². The molecule has 0 atom stereocenters. The van der Waals surface area contributed by atoms with Crippen molar-refractivity contribution >= 4 is 5.97 Å². The van der Waals surface area contributed by atoms with Gasteiger partial charge in [-0.1, -0.05) is 69.7 Å². The number of esters is 1. The van der Waals surface area contributed by atoms with E-state index in [0.29, 0.717) is 18.1 Å². The number of unbranched alkanes of at least 4 members (excludes halogenated alkanes) is 8. The van der Waals surface area contributed by atoms with Crippen LogP contribution in [0, 0.1) is 11.7 Å². The third kappa shape index (κ3) is 11.9. The Morgan fingerprint density at radius 2 is 1.46 bits per heavy atom. The molecular weight excluding hydrogens is 495 g/mol. The second-order valence-electron chi connectivity index (χ2n) is 10.5. The highest BCUT2D eigenvalue weighted by Crippen LogP contribution is 2.27. The van der Waals surface area contributed by atoms with Gasteiger partial charge in [-0.3, -0.25) is 0 Å². The maximum atomic E-state index is 14.4. The molecule has 1 fully saturated rings. The molecule has 1 aliphatic rings. The lowest BCUT2D eigenvalue weighted by Gasteiger charge is -2.21. The molecule has 0 N–H and O–H groups in total. The van der Waals surface area contributed by atoms with Crippen molar-refractivity contribution < 1.29 is 28.1 Å². The van der Waals surface area contributed by atoms with Crippen molar-refractivity contribution in [3.63, 3.8) is 0 Å². The van der Waals surface area contributed by atoms with Gasteiger partial charge in [-0.2, -0.15) is 0 Å². The zero-order chi connectivity index (χ0) is 27.7. The van der Waals surface area contributed by atoms with Crippen molar-refractivity contribution in [2.45, 2.75) is 77.6 Å². The van der Waals surface area contributed by atoms with Crippen molar-refractivity contribution in [2.24, 2.45) is 5.92 Å². The van der Waals surface area contributed by atoms with Crippen molar-refractivity contribution in [2.75, 3.05) is 33.0 Å². The predicted molar refractivity (Wildman–Crippen MR) is 154 cm³/mol. The molecule has 1 saturated heterocycles. The zero-order valence-electron chi connectivity index (χ0n) is 23.6.